The van der Waals surface area contributed by atoms with Crippen molar-refractivity contribution in [3.8, 4) is 11.5 Å². The van der Waals surface area contributed by atoms with Crippen LogP contribution in [0.2, 0.25) is 0 Å². The van der Waals surface area contributed by atoms with E-state index >= 15 is 0 Å². The number of benzene rings is 2. The average molecular weight is 511 g/mol. The molecule has 190 valence electrons. The molecule has 0 saturated carbocycles. The van der Waals surface area contributed by atoms with Crippen molar-refractivity contribution in [3.05, 3.63) is 81.8 Å². The third kappa shape index (κ3) is 5.70. The van der Waals surface area contributed by atoms with Gasteiger partial charge in [-0.05, 0) is 67.1 Å². The number of thiophene rings is 1. The molecule has 6 nitrogen and oxygen atoms in total. The second-order valence-corrected chi connectivity index (χ2v) is 9.84. The summed E-state index contributed by atoms with van der Waals surface area (Å²) < 4.78 is 25.2. The van der Waals surface area contributed by atoms with Gasteiger partial charge in [-0.15, -0.1) is 11.3 Å². The molecule has 1 aliphatic heterocycles. The molecule has 0 spiro atoms. The fourth-order valence-electron chi connectivity index (χ4n) is 4.41. The molecule has 2 unspecified atom stereocenters. The van der Waals surface area contributed by atoms with Crippen molar-refractivity contribution < 1.29 is 23.5 Å². The maximum absolute atomic E-state index is 13.8. The number of carbonyl (C=O) groups is 2. The van der Waals surface area contributed by atoms with E-state index in [9.17, 15) is 14.0 Å². The molecule has 3 aromatic rings. The van der Waals surface area contributed by atoms with E-state index in [2.05, 4.69) is 0 Å². The Morgan fingerprint density at radius 3 is 2.69 bits per heavy atom. The van der Waals surface area contributed by atoms with Crippen molar-refractivity contribution in [2.75, 3.05) is 26.8 Å². The van der Waals surface area contributed by atoms with Crippen LogP contribution in [0.3, 0.4) is 0 Å². The van der Waals surface area contributed by atoms with Crippen molar-refractivity contribution >= 4 is 23.2 Å². The molecule has 2 heterocycles. The highest BCUT2D eigenvalue weighted by Gasteiger charge is 2.34. The maximum Gasteiger partial charge on any atom is 0.254 e. The molecule has 4 rings (SSSR count). The molecule has 1 aliphatic rings. The molecule has 0 fully saturated rings. The van der Waals surface area contributed by atoms with Crippen LogP contribution in [-0.4, -0.2) is 54.5 Å². The van der Waals surface area contributed by atoms with E-state index < -0.39 is 5.82 Å². The Labute approximate surface area is 215 Å². The minimum Gasteiger partial charge on any atom is -0.497 e. The van der Waals surface area contributed by atoms with Gasteiger partial charge in [0, 0.05) is 29.1 Å². The fourth-order valence-corrected chi connectivity index (χ4v) is 5.34. The Balaban J connectivity index is 1.55. The Bertz CT molecular complexity index is 1210. The van der Waals surface area contributed by atoms with Crippen molar-refractivity contribution in [3.63, 3.8) is 0 Å². The quantitative estimate of drug-likeness (QED) is 0.390. The van der Waals surface area contributed by atoms with Gasteiger partial charge in [0.1, 0.15) is 30.5 Å². The first-order valence-corrected chi connectivity index (χ1v) is 13.0. The summed E-state index contributed by atoms with van der Waals surface area (Å²) in [6, 6.07) is 14.6. The van der Waals surface area contributed by atoms with Gasteiger partial charge in [0.25, 0.3) is 5.91 Å². The van der Waals surface area contributed by atoms with Crippen LogP contribution in [0.4, 0.5) is 4.39 Å². The zero-order valence-electron chi connectivity index (χ0n) is 20.8. The molecule has 0 bridgehead atoms. The van der Waals surface area contributed by atoms with Gasteiger partial charge >= 0.3 is 0 Å². The Kier molecular flexibility index (Phi) is 8.25. The average Bonchev–Trinajstić information content (AvgIpc) is 3.38. The van der Waals surface area contributed by atoms with Gasteiger partial charge in [-0.1, -0.05) is 19.1 Å². The third-order valence-corrected chi connectivity index (χ3v) is 7.62. The predicted octanol–water partition coefficient (Wildman–Crippen LogP) is 5.34. The lowest BCUT2D eigenvalue weighted by Crippen LogP contribution is -2.49. The largest absolute Gasteiger partial charge is 0.497 e. The van der Waals surface area contributed by atoms with Crippen LogP contribution in [0.1, 0.15) is 47.1 Å². The monoisotopic (exact) mass is 510 g/mol. The summed E-state index contributed by atoms with van der Waals surface area (Å²) in [6.45, 7) is 4.61. The molecule has 8 heteroatoms. The highest BCUT2D eigenvalue weighted by atomic mass is 32.1. The number of hydrogen-bond acceptors (Lipinski definition) is 5. The normalized spacial score (nSPS) is 15.7. The van der Waals surface area contributed by atoms with Gasteiger partial charge in [0.2, 0.25) is 5.91 Å². The van der Waals surface area contributed by atoms with Crippen LogP contribution >= 0.6 is 11.3 Å². The van der Waals surface area contributed by atoms with E-state index in [-0.39, 0.29) is 42.6 Å². The topological polar surface area (TPSA) is 59.1 Å². The van der Waals surface area contributed by atoms with E-state index in [0.717, 1.165) is 12.0 Å². The smallest absolute Gasteiger partial charge is 0.254 e. The number of fused-ring (bicyclic) bond motifs is 1. The Hall–Kier alpha value is -3.39. The van der Waals surface area contributed by atoms with Gasteiger partial charge in [-0.25, -0.2) is 4.39 Å². The molecular weight excluding hydrogens is 479 g/mol. The second-order valence-electron chi connectivity index (χ2n) is 8.84. The summed E-state index contributed by atoms with van der Waals surface area (Å²) in [5.41, 5.74) is 1.31. The van der Waals surface area contributed by atoms with Crippen LogP contribution in [0.15, 0.2) is 60.0 Å². The molecule has 0 saturated heterocycles. The highest BCUT2D eigenvalue weighted by Crippen LogP contribution is 2.34. The Morgan fingerprint density at radius 2 is 1.94 bits per heavy atom. The van der Waals surface area contributed by atoms with Gasteiger partial charge in [-0.2, -0.15) is 0 Å². The first-order valence-electron chi connectivity index (χ1n) is 12.1. The summed E-state index contributed by atoms with van der Waals surface area (Å²) >= 11 is 1.68. The van der Waals surface area contributed by atoms with Crippen LogP contribution in [0.25, 0.3) is 0 Å². The van der Waals surface area contributed by atoms with Crippen molar-refractivity contribution in [2.24, 2.45) is 0 Å². The molecule has 2 atom stereocenters. The molecule has 0 radical (unpaired) electrons. The number of halogens is 1. The van der Waals surface area contributed by atoms with Crippen LogP contribution in [0.5, 0.6) is 11.5 Å². The van der Waals surface area contributed by atoms with Crippen LogP contribution in [-0.2, 0) is 11.2 Å². The van der Waals surface area contributed by atoms with Crippen molar-refractivity contribution in [1.82, 2.24) is 9.80 Å². The number of carbonyl (C=O) groups excluding carboxylic acids is 2. The zero-order valence-corrected chi connectivity index (χ0v) is 21.6. The molecule has 0 N–H and O–H groups in total. The van der Waals surface area contributed by atoms with Crippen LogP contribution in [0, 0.1) is 5.82 Å². The highest BCUT2D eigenvalue weighted by molar-refractivity contribution is 7.10. The number of ether oxygens (including phenoxy) is 2. The van der Waals surface area contributed by atoms with E-state index in [0.29, 0.717) is 24.5 Å². The van der Waals surface area contributed by atoms with Gasteiger partial charge in [0.05, 0.1) is 13.2 Å². The number of nitrogens with zero attached hydrogens (tertiary/aromatic N) is 2. The molecule has 2 aromatic carbocycles. The van der Waals surface area contributed by atoms with Crippen molar-refractivity contribution in [2.45, 2.75) is 38.8 Å². The van der Waals surface area contributed by atoms with Gasteiger partial charge in [-0.3, -0.25) is 9.59 Å². The van der Waals surface area contributed by atoms with E-state index in [1.807, 2.05) is 54.5 Å². The summed E-state index contributed by atoms with van der Waals surface area (Å²) in [4.78, 5) is 31.5. The number of methoxy groups -OCH3 is 1. The summed E-state index contributed by atoms with van der Waals surface area (Å²) in [5, 5.41) is 2.04. The lowest BCUT2D eigenvalue weighted by molar-refractivity contribution is -0.136. The summed E-state index contributed by atoms with van der Waals surface area (Å²) in [7, 11) is 1.60. The minimum absolute atomic E-state index is 0.0838. The van der Waals surface area contributed by atoms with Gasteiger partial charge in [0.15, 0.2) is 0 Å². The second kappa shape index (κ2) is 11.6. The number of hydrogen-bond donors (Lipinski definition) is 0. The lowest BCUT2D eigenvalue weighted by Gasteiger charge is -2.38. The van der Waals surface area contributed by atoms with Crippen LogP contribution < -0.4 is 9.47 Å². The summed E-state index contributed by atoms with van der Waals surface area (Å²) in [5.74, 6) is 0.366. The lowest BCUT2D eigenvalue weighted by atomic mass is 10.00. The third-order valence-electron chi connectivity index (χ3n) is 6.63. The molecule has 0 aliphatic carbocycles. The zero-order chi connectivity index (χ0) is 25.7. The van der Waals surface area contributed by atoms with Crippen molar-refractivity contribution in [1.29, 1.82) is 0 Å². The first-order chi connectivity index (χ1) is 17.4. The number of amides is 2. The minimum atomic E-state index is -0.480. The standard InChI is InChI=1S/C28H31FN2O4S/c1-4-19(2)31(28(33)20-7-5-8-21(29)15-20)17-27(32)30-13-11-26-24(12-14-36-26)25(30)18-35-23-10-6-9-22(16-23)34-3/h5-10,12,14-16,19,25H,4,11,13,17-18H2,1-3H3. The van der Waals surface area contributed by atoms with E-state index in [1.165, 1.54) is 23.1 Å². The summed E-state index contributed by atoms with van der Waals surface area (Å²) in [6.07, 6.45) is 1.43. The maximum atomic E-state index is 13.8. The molecular formula is C28H31FN2O4S. The first kappa shape index (κ1) is 25.7. The van der Waals surface area contributed by atoms with E-state index in [1.54, 1.807) is 29.4 Å². The van der Waals surface area contributed by atoms with E-state index in [4.69, 9.17) is 9.47 Å². The molecule has 1 aromatic heterocycles. The number of rotatable bonds is 9. The molecule has 2 amide bonds. The fraction of sp³-hybridized carbons (Fsp3) is 0.357. The predicted molar refractivity (Wildman–Crippen MR) is 138 cm³/mol. The SMILES string of the molecule is CCC(C)N(CC(=O)N1CCc2sccc2C1COc1cccc(OC)c1)C(=O)c1cccc(F)c1. The Morgan fingerprint density at radius 1 is 1.17 bits per heavy atom. The van der Waals surface area contributed by atoms with Gasteiger partial charge < -0.3 is 19.3 Å². The molecule has 36 heavy (non-hydrogen) atoms.